The summed E-state index contributed by atoms with van der Waals surface area (Å²) in [7, 11) is 0. The Balaban J connectivity index is 1.64. The molecule has 1 aromatic rings. The highest BCUT2D eigenvalue weighted by Crippen LogP contribution is 2.33. The number of rotatable bonds is 3. The molecule has 3 heteroatoms. The van der Waals surface area contributed by atoms with Crippen LogP contribution in [-0.2, 0) is 17.6 Å². The van der Waals surface area contributed by atoms with Crippen molar-refractivity contribution in [3.8, 4) is 0 Å². The van der Waals surface area contributed by atoms with Gasteiger partial charge < -0.3 is 9.64 Å². The Morgan fingerprint density at radius 1 is 1.05 bits per heavy atom. The minimum Gasteiger partial charge on any atom is -0.381 e. The van der Waals surface area contributed by atoms with Crippen molar-refractivity contribution in [2.45, 2.75) is 25.7 Å². The number of hydrogen-bond donors (Lipinski definition) is 1. The Morgan fingerprint density at radius 3 is 2.20 bits per heavy atom. The van der Waals surface area contributed by atoms with E-state index < -0.39 is 0 Å². The van der Waals surface area contributed by atoms with E-state index in [0.717, 1.165) is 19.0 Å². The average Bonchev–Trinajstić information content (AvgIpc) is 2.71. The maximum atomic E-state index is 5.54. The Kier molecular flexibility index (Phi) is 4.69. The van der Waals surface area contributed by atoms with Crippen molar-refractivity contribution >= 4 is 12.6 Å². The number of nitrogens with zero attached hydrogens (tertiary/aromatic N) is 1. The summed E-state index contributed by atoms with van der Waals surface area (Å²) in [6.07, 6.45) is 4.71. The number of fused-ring (bicyclic) bond motifs is 1. The zero-order valence-electron chi connectivity index (χ0n) is 12.2. The van der Waals surface area contributed by atoms with Crippen molar-refractivity contribution in [2.24, 2.45) is 5.41 Å². The monoisotopic (exact) mass is 291 g/mol. The van der Waals surface area contributed by atoms with E-state index in [0.29, 0.717) is 5.41 Å². The Bertz CT molecular complexity index is 415. The molecule has 3 rings (SSSR count). The molecule has 0 amide bonds. The highest BCUT2D eigenvalue weighted by Gasteiger charge is 2.33. The number of hydrogen-bond acceptors (Lipinski definition) is 3. The van der Waals surface area contributed by atoms with E-state index >= 15 is 0 Å². The van der Waals surface area contributed by atoms with Gasteiger partial charge in [-0.1, -0.05) is 24.3 Å². The lowest BCUT2D eigenvalue weighted by molar-refractivity contribution is 0.00835. The summed E-state index contributed by atoms with van der Waals surface area (Å²) in [6.45, 7) is 5.39. The first-order valence-corrected chi connectivity index (χ1v) is 8.42. The van der Waals surface area contributed by atoms with E-state index in [1.807, 2.05) is 0 Å². The number of thiol groups is 1. The molecule has 0 bridgehead atoms. The van der Waals surface area contributed by atoms with E-state index in [4.69, 9.17) is 4.74 Å². The standard InChI is InChI=1S/C17H25NOS/c20-14-17(7-11-19-12-8-17)13-18-9-5-15-3-1-2-4-16(15)6-10-18/h1-4,20H,5-14H2. The molecule has 1 saturated heterocycles. The molecule has 0 unspecified atom stereocenters. The normalized spacial score (nSPS) is 23.1. The van der Waals surface area contributed by atoms with Crippen LogP contribution in [-0.4, -0.2) is 43.5 Å². The topological polar surface area (TPSA) is 12.5 Å². The van der Waals surface area contributed by atoms with Gasteiger partial charge in [0.25, 0.3) is 0 Å². The molecule has 1 fully saturated rings. The molecule has 0 N–H and O–H groups in total. The molecule has 0 saturated carbocycles. The minimum atomic E-state index is 0.373. The number of ether oxygens (including phenoxy) is 1. The van der Waals surface area contributed by atoms with Crippen LogP contribution in [0.2, 0.25) is 0 Å². The zero-order valence-corrected chi connectivity index (χ0v) is 13.1. The quantitative estimate of drug-likeness (QED) is 0.860. The van der Waals surface area contributed by atoms with Crippen molar-refractivity contribution in [3.05, 3.63) is 35.4 Å². The van der Waals surface area contributed by atoms with Gasteiger partial charge in [-0.05, 0) is 48.0 Å². The largest absolute Gasteiger partial charge is 0.381 e. The highest BCUT2D eigenvalue weighted by atomic mass is 32.1. The predicted molar refractivity (Wildman–Crippen MR) is 86.6 cm³/mol. The first-order valence-electron chi connectivity index (χ1n) is 7.79. The lowest BCUT2D eigenvalue weighted by Crippen LogP contribution is -2.43. The van der Waals surface area contributed by atoms with Crippen molar-refractivity contribution < 1.29 is 4.74 Å². The number of benzene rings is 1. The van der Waals surface area contributed by atoms with Crippen LogP contribution >= 0.6 is 12.6 Å². The highest BCUT2D eigenvalue weighted by molar-refractivity contribution is 7.80. The summed E-state index contributed by atoms with van der Waals surface area (Å²) in [5.41, 5.74) is 3.46. The average molecular weight is 291 g/mol. The van der Waals surface area contributed by atoms with Gasteiger partial charge in [0.15, 0.2) is 0 Å². The van der Waals surface area contributed by atoms with Crippen LogP contribution in [0.5, 0.6) is 0 Å². The third-order valence-corrected chi connectivity index (χ3v) is 5.63. The Morgan fingerprint density at radius 2 is 1.65 bits per heavy atom. The van der Waals surface area contributed by atoms with Gasteiger partial charge in [0.2, 0.25) is 0 Å². The molecular formula is C17H25NOS. The maximum absolute atomic E-state index is 5.54. The van der Waals surface area contributed by atoms with E-state index in [1.54, 1.807) is 11.1 Å². The second-order valence-corrected chi connectivity index (χ2v) is 6.63. The first kappa shape index (κ1) is 14.4. The van der Waals surface area contributed by atoms with Crippen LogP contribution < -0.4 is 0 Å². The molecule has 110 valence electrons. The molecule has 2 heterocycles. The summed E-state index contributed by atoms with van der Waals surface area (Å²) >= 11 is 4.64. The molecule has 0 aliphatic carbocycles. The summed E-state index contributed by atoms with van der Waals surface area (Å²) in [5, 5.41) is 0. The second kappa shape index (κ2) is 6.50. The smallest absolute Gasteiger partial charge is 0.0472 e. The van der Waals surface area contributed by atoms with Gasteiger partial charge >= 0.3 is 0 Å². The van der Waals surface area contributed by atoms with E-state index in [9.17, 15) is 0 Å². The molecule has 0 spiro atoms. The van der Waals surface area contributed by atoms with Gasteiger partial charge in [-0.3, -0.25) is 0 Å². The van der Waals surface area contributed by atoms with Crippen molar-refractivity contribution in [3.63, 3.8) is 0 Å². The van der Waals surface area contributed by atoms with E-state index in [1.165, 1.54) is 45.3 Å². The van der Waals surface area contributed by atoms with Gasteiger partial charge in [-0.25, -0.2) is 0 Å². The molecule has 1 aromatic carbocycles. The van der Waals surface area contributed by atoms with Crippen LogP contribution in [0.3, 0.4) is 0 Å². The first-order chi connectivity index (χ1) is 9.81. The van der Waals surface area contributed by atoms with Gasteiger partial charge in [0, 0.05) is 32.8 Å². The third-order valence-electron chi connectivity index (χ3n) is 4.96. The lowest BCUT2D eigenvalue weighted by atomic mass is 9.81. The van der Waals surface area contributed by atoms with Crippen LogP contribution in [0.25, 0.3) is 0 Å². The van der Waals surface area contributed by atoms with Gasteiger partial charge in [-0.2, -0.15) is 12.6 Å². The Hall–Kier alpha value is -0.510. The van der Waals surface area contributed by atoms with Crippen LogP contribution in [0, 0.1) is 5.41 Å². The van der Waals surface area contributed by atoms with Crippen molar-refractivity contribution in [2.75, 3.05) is 38.6 Å². The maximum Gasteiger partial charge on any atom is 0.0472 e. The molecule has 0 aromatic heterocycles. The Labute approximate surface area is 127 Å². The second-order valence-electron chi connectivity index (χ2n) is 6.32. The van der Waals surface area contributed by atoms with Crippen LogP contribution in [0.4, 0.5) is 0 Å². The summed E-state index contributed by atoms with van der Waals surface area (Å²) in [6, 6.07) is 8.92. The fraction of sp³-hybridized carbons (Fsp3) is 0.647. The van der Waals surface area contributed by atoms with Crippen LogP contribution in [0.15, 0.2) is 24.3 Å². The fourth-order valence-electron chi connectivity index (χ4n) is 3.52. The van der Waals surface area contributed by atoms with E-state index in [-0.39, 0.29) is 0 Å². The predicted octanol–water partition coefficient (Wildman–Crippen LogP) is 2.81. The lowest BCUT2D eigenvalue weighted by Gasteiger charge is -2.40. The molecule has 2 aliphatic heterocycles. The van der Waals surface area contributed by atoms with Crippen molar-refractivity contribution in [1.82, 2.24) is 4.90 Å². The van der Waals surface area contributed by atoms with Crippen molar-refractivity contribution in [1.29, 1.82) is 0 Å². The van der Waals surface area contributed by atoms with Gasteiger partial charge in [-0.15, -0.1) is 0 Å². The van der Waals surface area contributed by atoms with Gasteiger partial charge in [0.05, 0.1) is 0 Å². The fourth-order valence-corrected chi connectivity index (χ4v) is 3.93. The zero-order chi connectivity index (χ0) is 13.8. The van der Waals surface area contributed by atoms with Gasteiger partial charge in [0.1, 0.15) is 0 Å². The molecule has 0 atom stereocenters. The molecule has 20 heavy (non-hydrogen) atoms. The SMILES string of the molecule is SCC1(CN2CCc3ccccc3CC2)CCOCC1. The summed E-state index contributed by atoms with van der Waals surface area (Å²) < 4.78 is 5.54. The van der Waals surface area contributed by atoms with Crippen LogP contribution in [0.1, 0.15) is 24.0 Å². The summed E-state index contributed by atoms with van der Waals surface area (Å²) in [5.74, 6) is 0.986. The summed E-state index contributed by atoms with van der Waals surface area (Å²) in [4.78, 5) is 2.65. The molecule has 2 aliphatic rings. The molecule has 0 radical (unpaired) electrons. The third kappa shape index (κ3) is 3.21. The minimum absolute atomic E-state index is 0.373. The molecule has 2 nitrogen and oxygen atoms in total. The molecular weight excluding hydrogens is 266 g/mol. The van der Waals surface area contributed by atoms with E-state index in [2.05, 4.69) is 41.8 Å².